The van der Waals surface area contributed by atoms with Crippen LogP contribution in [0.1, 0.15) is 15.4 Å². The van der Waals surface area contributed by atoms with E-state index in [-0.39, 0.29) is 11.7 Å². The molecule has 0 aliphatic carbocycles. The highest BCUT2D eigenvalue weighted by Crippen LogP contribution is 2.28. The van der Waals surface area contributed by atoms with Crippen LogP contribution in [0.15, 0.2) is 47.9 Å². The van der Waals surface area contributed by atoms with Crippen LogP contribution in [0, 0.1) is 12.7 Å². The number of aromatic nitrogens is 1. The lowest BCUT2D eigenvalue weighted by molar-refractivity contribution is -0.116. The van der Waals surface area contributed by atoms with Crippen LogP contribution in [0.5, 0.6) is 0 Å². The molecule has 0 saturated heterocycles. The quantitative estimate of drug-likeness (QED) is 0.675. The summed E-state index contributed by atoms with van der Waals surface area (Å²) in [5.74, 6) is -0.473. The Bertz CT molecular complexity index is 865. The van der Waals surface area contributed by atoms with E-state index < -0.39 is 0 Å². The molecule has 0 saturated carbocycles. The highest BCUT2D eigenvalue weighted by Gasteiger charge is 2.06. The van der Waals surface area contributed by atoms with Crippen molar-refractivity contribution in [3.63, 3.8) is 0 Å². The summed E-state index contributed by atoms with van der Waals surface area (Å²) in [4.78, 5) is 18.5. The standard InChI is InChI=1S/C18H15FN2OS2/c1-12-21-16(11-23-12)17-8-7-15(24-17)10-20-18(22)9-4-13-2-5-14(19)6-3-13/h2-9,11H,10H2,1H3,(H,20,22)/b9-4+. The van der Waals surface area contributed by atoms with E-state index in [1.165, 1.54) is 18.2 Å². The van der Waals surface area contributed by atoms with Crippen LogP contribution in [-0.2, 0) is 11.3 Å². The number of carbonyl (C=O) groups excluding carboxylic acids is 1. The zero-order valence-corrected chi connectivity index (χ0v) is 14.6. The number of benzene rings is 1. The lowest BCUT2D eigenvalue weighted by Crippen LogP contribution is -2.19. The third-order valence-electron chi connectivity index (χ3n) is 3.27. The highest BCUT2D eigenvalue weighted by molar-refractivity contribution is 7.16. The van der Waals surface area contributed by atoms with Crippen LogP contribution in [0.3, 0.4) is 0 Å². The van der Waals surface area contributed by atoms with E-state index in [0.29, 0.717) is 6.54 Å². The van der Waals surface area contributed by atoms with Gasteiger partial charge in [-0.25, -0.2) is 9.37 Å². The van der Waals surface area contributed by atoms with Crippen molar-refractivity contribution in [1.82, 2.24) is 10.3 Å². The average molecular weight is 358 g/mol. The van der Waals surface area contributed by atoms with E-state index in [1.54, 1.807) is 40.9 Å². The molecule has 0 atom stereocenters. The second kappa shape index (κ2) is 7.51. The number of hydrogen-bond acceptors (Lipinski definition) is 4. The van der Waals surface area contributed by atoms with Crippen molar-refractivity contribution in [2.45, 2.75) is 13.5 Å². The lowest BCUT2D eigenvalue weighted by atomic mass is 10.2. The van der Waals surface area contributed by atoms with Gasteiger partial charge in [-0.15, -0.1) is 22.7 Å². The summed E-state index contributed by atoms with van der Waals surface area (Å²) in [5, 5.41) is 5.92. The number of hydrogen-bond donors (Lipinski definition) is 1. The van der Waals surface area contributed by atoms with Gasteiger partial charge < -0.3 is 5.32 Å². The van der Waals surface area contributed by atoms with Crippen molar-refractivity contribution in [2.24, 2.45) is 0 Å². The minimum absolute atomic E-state index is 0.182. The number of amides is 1. The lowest BCUT2D eigenvalue weighted by Gasteiger charge is -1.99. The maximum atomic E-state index is 12.8. The van der Waals surface area contributed by atoms with E-state index in [9.17, 15) is 9.18 Å². The van der Waals surface area contributed by atoms with Crippen molar-refractivity contribution in [1.29, 1.82) is 0 Å². The SMILES string of the molecule is Cc1nc(-c2ccc(CNC(=O)/C=C/c3ccc(F)cc3)s2)cs1. The van der Waals surface area contributed by atoms with Crippen LogP contribution in [0.2, 0.25) is 0 Å². The van der Waals surface area contributed by atoms with Gasteiger partial charge in [0.2, 0.25) is 5.91 Å². The first-order valence-electron chi connectivity index (χ1n) is 7.33. The molecular formula is C18H15FN2OS2. The smallest absolute Gasteiger partial charge is 0.244 e. The zero-order chi connectivity index (χ0) is 16.9. The van der Waals surface area contributed by atoms with Gasteiger partial charge in [-0.3, -0.25) is 4.79 Å². The third kappa shape index (κ3) is 4.37. The number of halogens is 1. The monoisotopic (exact) mass is 358 g/mol. The first kappa shape index (κ1) is 16.5. The van der Waals surface area contributed by atoms with Crippen LogP contribution < -0.4 is 5.32 Å². The minimum atomic E-state index is -0.291. The summed E-state index contributed by atoms with van der Waals surface area (Å²) in [5.41, 5.74) is 1.76. The van der Waals surface area contributed by atoms with Gasteiger partial charge in [-0.05, 0) is 42.8 Å². The van der Waals surface area contributed by atoms with Crippen molar-refractivity contribution in [3.8, 4) is 10.6 Å². The van der Waals surface area contributed by atoms with Crippen molar-refractivity contribution in [3.05, 3.63) is 69.1 Å². The van der Waals surface area contributed by atoms with E-state index in [0.717, 1.165) is 26.0 Å². The first-order chi connectivity index (χ1) is 11.6. The molecule has 1 amide bonds. The van der Waals surface area contributed by atoms with Crippen LogP contribution in [0.25, 0.3) is 16.6 Å². The molecule has 6 heteroatoms. The molecule has 1 aromatic carbocycles. The average Bonchev–Trinajstić information content (AvgIpc) is 3.21. The topological polar surface area (TPSA) is 42.0 Å². The highest BCUT2D eigenvalue weighted by atomic mass is 32.1. The summed E-state index contributed by atoms with van der Waals surface area (Å²) in [6.45, 7) is 2.46. The van der Waals surface area contributed by atoms with E-state index in [1.807, 2.05) is 24.4 Å². The van der Waals surface area contributed by atoms with Crippen LogP contribution >= 0.6 is 22.7 Å². The Morgan fingerprint density at radius 1 is 1.25 bits per heavy atom. The van der Waals surface area contributed by atoms with Gasteiger partial charge in [-0.2, -0.15) is 0 Å². The van der Waals surface area contributed by atoms with Gasteiger partial charge >= 0.3 is 0 Å². The molecule has 0 aliphatic heterocycles. The Labute approximate surface area is 147 Å². The number of nitrogens with zero attached hydrogens (tertiary/aromatic N) is 1. The molecule has 0 bridgehead atoms. The molecule has 0 radical (unpaired) electrons. The molecule has 2 heterocycles. The predicted molar refractivity (Wildman–Crippen MR) is 97.4 cm³/mol. The number of thiophene rings is 1. The largest absolute Gasteiger partial charge is 0.348 e. The Morgan fingerprint density at radius 3 is 2.75 bits per heavy atom. The number of aryl methyl sites for hydroxylation is 1. The Balaban J connectivity index is 1.55. The molecule has 3 rings (SSSR count). The number of thiazole rings is 1. The summed E-state index contributed by atoms with van der Waals surface area (Å²) < 4.78 is 12.8. The van der Waals surface area contributed by atoms with E-state index in [2.05, 4.69) is 10.3 Å². The molecular weight excluding hydrogens is 343 g/mol. The van der Waals surface area contributed by atoms with Crippen molar-refractivity contribution in [2.75, 3.05) is 0 Å². The molecule has 1 N–H and O–H groups in total. The molecule has 0 unspecified atom stereocenters. The third-order valence-corrected chi connectivity index (χ3v) is 5.15. The predicted octanol–water partition coefficient (Wildman–Crippen LogP) is 4.65. The Morgan fingerprint density at radius 2 is 2.04 bits per heavy atom. The molecule has 3 aromatic rings. The molecule has 0 aliphatic rings. The zero-order valence-electron chi connectivity index (χ0n) is 13.0. The van der Waals surface area contributed by atoms with Gasteiger partial charge in [0.05, 0.1) is 22.1 Å². The van der Waals surface area contributed by atoms with Crippen LogP contribution in [-0.4, -0.2) is 10.9 Å². The minimum Gasteiger partial charge on any atom is -0.348 e. The fraction of sp³-hybridized carbons (Fsp3) is 0.111. The van der Waals surface area contributed by atoms with Crippen molar-refractivity contribution >= 4 is 34.7 Å². The summed E-state index contributed by atoms with van der Waals surface area (Å²) in [6, 6.07) is 10.0. The maximum absolute atomic E-state index is 12.8. The van der Waals surface area contributed by atoms with Crippen LogP contribution in [0.4, 0.5) is 4.39 Å². The van der Waals surface area contributed by atoms with Crippen molar-refractivity contribution < 1.29 is 9.18 Å². The van der Waals surface area contributed by atoms with E-state index in [4.69, 9.17) is 0 Å². The number of carbonyl (C=O) groups is 1. The van der Waals surface area contributed by atoms with E-state index >= 15 is 0 Å². The maximum Gasteiger partial charge on any atom is 0.244 e. The van der Waals surface area contributed by atoms with Gasteiger partial charge in [0.25, 0.3) is 0 Å². The fourth-order valence-electron chi connectivity index (χ4n) is 2.07. The number of nitrogens with one attached hydrogen (secondary N) is 1. The molecule has 3 nitrogen and oxygen atoms in total. The molecule has 2 aromatic heterocycles. The van der Waals surface area contributed by atoms with Gasteiger partial charge in [0.15, 0.2) is 0 Å². The first-order valence-corrected chi connectivity index (χ1v) is 9.02. The van der Waals surface area contributed by atoms with Gasteiger partial charge in [-0.1, -0.05) is 12.1 Å². The fourth-order valence-corrected chi connectivity index (χ4v) is 3.66. The number of rotatable bonds is 5. The second-order valence-corrected chi connectivity index (χ2v) is 7.35. The summed E-state index contributed by atoms with van der Waals surface area (Å²) in [6.07, 6.45) is 3.11. The normalized spacial score (nSPS) is 11.1. The second-order valence-electron chi connectivity index (χ2n) is 5.12. The molecule has 24 heavy (non-hydrogen) atoms. The summed E-state index contributed by atoms with van der Waals surface area (Å²) in [7, 11) is 0. The molecule has 0 fully saturated rings. The van der Waals surface area contributed by atoms with Gasteiger partial charge in [0.1, 0.15) is 5.82 Å². The molecule has 0 spiro atoms. The summed E-state index contributed by atoms with van der Waals surface area (Å²) >= 11 is 3.25. The Kier molecular flexibility index (Phi) is 5.17. The Hall–Kier alpha value is -2.31. The van der Waals surface area contributed by atoms with Gasteiger partial charge in [0, 0.05) is 16.3 Å². The molecule has 122 valence electrons.